The number of aromatic nitrogens is 1. The van der Waals surface area contributed by atoms with Crippen molar-refractivity contribution in [3.63, 3.8) is 0 Å². The molecule has 6 nitrogen and oxygen atoms in total. The fourth-order valence-electron chi connectivity index (χ4n) is 1.68. The van der Waals surface area contributed by atoms with Crippen molar-refractivity contribution < 1.29 is 18.8 Å². The second-order valence-electron chi connectivity index (χ2n) is 4.09. The smallest absolute Gasteiger partial charge is 0.294 e. The van der Waals surface area contributed by atoms with Gasteiger partial charge in [0.15, 0.2) is 11.5 Å². The van der Waals surface area contributed by atoms with Crippen molar-refractivity contribution >= 4 is 11.6 Å². The van der Waals surface area contributed by atoms with Crippen molar-refractivity contribution in [3.05, 3.63) is 35.7 Å². The Hall–Kier alpha value is -2.50. The fraction of sp³-hybridized carbons (Fsp3) is 0.286. The average molecular weight is 276 g/mol. The lowest BCUT2D eigenvalue weighted by atomic mass is 10.2. The maximum atomic E-state index is 11.9. The first-order chi connectivity index (χ1) is 9.63. The monoisotopic (exact) mass is 276 g/mol. The normalized spacial score (nSPS) is 10.2. The lowest BCUT2D eigenvalue weighted by Gasteiger charge is -2.11. The van der Waals surface area contributed by atoms with Crippen molar-refractivity contribution in [2.45, 2.75) is 13.8 Å². The van der Waals surface area contributed by atoms with Crippen LogP contribution in [0.3, 0.4) is 0 Å². The molecule has 2 aromatic rings. The van der Waals surface area contributed by atoms with Crippen LogP contribution in [0.2, 0.25) is 0 Å². The number of benzene rings is 1. The van der Waals surface area contributed by atoms with E-state index in [0.29, 0.717) is 29.5 Å². The Morgan fingerprint density at radius 1 is 1.35 bits per heavy atom. The zero-order chi connectivity index (χ0) is 14.5. The third kappa shape index (κ3) is 3.09. The van der Waals surface area contributed by atoms with Crippen molar-refractivity contribution in [3.8, 4) is 11.5 Å². The summed E-state index contributed by atoms with van der Waals surface area (Å²) >= 11 is 0. The average Bonchev–Trinajstić information content (AvgIpc) is 2.87. The predicted octanol–water partition coefficient (Wildman–Crippen LogP) is 2.64. The Labute approximate surface area is 116 Å². The molecular weight excluding hydrogens is 260 g/mol. The van der Waals surface area contributed by atoms with Gasteiger partial charge in [-0.1, -0.05) is 5.16 Å². The van der Waals surface area contributed by atoms with Crippen LogP contribution >= 0.6 is 0 Å². The Bertz CT molecular complexity index is 607. The van der Waals surface area contributed by atoms with E-state index in [2.05, 4.69) is 10.5 Å². The molecule has 0 bridgehead atoms. The van der Waals surface area contributed by atoms with Crippen LogP contribution < -0.4 is 14.8 Å². The number of hydrogen-bond donors (Lipinski definition) is 1. The SMILES string of the molecule is CCOc1ccc(NC(=O)c2cc(C)no2)cc1OC. The minimum atomic E-state index is -0.364. The van der Waals surface area contributed by atoms with Crippen LogP contribution in [-0.4, -0.2) is 24.8 Å². The van der Waals surface area contributed by atoms with Gasteiger partial charge in [0.2, 0.25) is 5.76 Å². The molecule has 0 unspecified atom stereocenters. The highest BCUT2D eigenvalue weighted by molar-refractivity contribution is 6.02. The molecule has 6 heteroatoms. The van der Waals surface area contributed by atoms with Gasteiger partial charge in [0.05, 0.1) is 19.4 Å². The molecule has 0 saturated heterocycles. The summed E-state index contributed by atoms with van der Waals surface area (Å²) in [5.74, 6) is 0.981. The molecule has 1 heterocycles. The standard InChI is InChI=1S/C14H16N2O4/c1-4-19-11-6-5-10(8-12(11)18-3)15-14(17)13-7-9(2)16-20-13/h5-8H,4H2,1-3H3,(H,15,17). The minimum absolute atomic E-state index is 0.162. The first-order valence-electron chi connectivity index (χ1n) is 6.19. The third-order valence-electron chi connectivity index (χ3n) is 2.57. The molecule has 1 aromatic heterocycles. The van der Waals surface area contributed by atoms with Crippen LogP contribution in [0, 0.1) is 6.92 Å². The van der Waals surface area contributed by atoms with Gasteiger partial charge in [-0.15, -0.1) is 0 Å². The van der Waals surface area contributed by atoms with Crippen LogP contribution in [0.4, 0.5) is 5.69 Å². The highest BCUT2D eigenvalue weighted by Gasteiger charge is 2.13. The first-order valence-corrected chi connectivity index (χ1v) is 6.19. The van der Waals surface area contributed by atoms with E-state index in [1.165, 1.54) is 0 Å². The number of hydrogen-bond acceptors (Lipinski definition) is 5. The van der Waals surface area contributed by atoms with Gasteiger partial charge in [-0.2, -0.15) is 0 Å². The van der Waals surface area contributed by atoms with Gasteiger partial charge in [-0.25, -0.2) is 0 Å². The van der Waals surface area contributed by atoms with Gasteiger partial charge in [-0.3, -0.25) is 4.79 Å². The van der Waals surface area contributed by atoms with Crippen molar-refractivity contribution in [2.24, 2.45) is 0 Å². The van der Waals surface area contributed by atoms with E-state index in [0.717, 1.165) is 0 Å². The van der Waals surface area contributed by atoms with E-state index in [-0.39, 0.29) is 11.7 Å². The molecule has 0 aliphatic heterocycles. The fourth-order valence-corrected chi connectivity index (χ4v) is 1.68. The summed E-state index contributed by atoms with van der Waals surface area (Å²) < 4.78 is 15.5. The molecule has 0 fully saturated rings. The summed E-state index contributed by atoms with van der Waals surface area (Å²) in [6, 6.07) is 6.73. The molecule has 2 rings (SSSR count). The topological polar surface area (TPSA) is 73.6 Å². The Morgan fingerprint density at radius 3 is 2.75 bits per heavy atom. The number of nitrogens with zero attached hydrogens (tertiary/aromatic N) is 1. The minimum Gasteiger partial charge on any atom is -0.493 e. The molecule has 0 atom stereocenters. The van der Waals surface area contributed by atoms with E-state index in [1.807, 2.05) is 6.92 Å². The quantitative estimate of drug-likeness (QED) is 0.908. The highest BCUT2D eigenvalue weighted by Crippen LogP contribution is 2.30. The van der Waals surface area contributed by atoms with Crippen LogP contribution in [0.5, 0.6) is 11.5 Å². The van der Waals surface area contributed by atoms with Crippen molar-refractivity contribution in [2.75, 3.05) is 19.0 Å². The maximum absolute atomic E-state index is 11.9. The Morgan fingerprint density at radius 2 is 2.15 bits per heavy atom. The number of ether oxygens (including phenoxy) is 2. The van der Waals surface area contributed by atoms with E-state index in [9.17, 15) is 4.79 Å². The molecule has 106 valence electrons. The number of nitrogens with one attached hydrogen (secondary N) is 1. The molecule has 0 aliphatic rings. The van der Waals surface area contributed by atoms with E-state index in [1.54, 1.807) is 38.3 Å². The van der Waals surface area contributed by atoms with Crippen LogP contribution in [-0.2, 0) is 0 Å². The summed E-state index contributed by atoms with van der Waals surface area (Å²) in [4.78, 5) is 11.9. The van der Waals surface area contributed by atoms with E-state index in [4.69, 9.17) is 14.0 Å². The molecule has 1 aromatic carbocycles. The summed E-state index contributed by atoms with van der Waals surface area (Å²) in [5, 5.41) is 6.38. The predicted molar refractivity (Wildman–Crippen MR) is 73.4 cm³/mol. The summed E-state index contributed by atoms with van der Waals surface area (Å²) in [7, 11) is 1.54. The number of amides is 1. The second-order valence-corrected chi connectivity index (χ2v) is 4.09. The molecule has 0 saturated carbocycles. The van der Waals surface area contributed by atoms with Gasteiger partial charge < -0.3 is 19.3 Å². The summed E-state index contributed by atoms with van der Waals surface area (Å²) in [6.45, 7) is 4.18. The van der Waals surface area contributed by atoms with E-state index < -0.39 is 0 Å². The van der Waals surface area contributed by atoms with Gasteiger partial charge in [0.1, 0.15) is 0 Å². The molecule has 0 spiro atoms. The molecule has 1 N–H and O–H groups in total. The van der Waals surface area contributed by atoms with Crippen molar-refractivity contribution in [1.82, 2.24) is 5.16 Å². The summed E-state index contributed by atoms with van der Waals surface area (Å²) in [5.41, 5.74) is 1.24. The van der Waals surface area contributed by atoms with Gasteiger partial charge >= 0.3 is 0 Å². The van der Waals surface area contributed by atoms with E-state index >= 15 is 0 Å². The Kier molecular flexibility index (Phi) is 4.24. The summed E-state index contributed by atoms with van der Waals surface area (Å²) in [6.07, 6.45) is 0. The number of anilines is 1. The van der Waals surface area contributed by atoms with Gasteiger partial charge in [0.25, 0.3) is 5.91 Å². The van der Waals surface area contributed by atoms with Crippen molar-refractivity contribution in [1.29, 1.82) is 0 Å². The highest BCUT2D eigenvalue weighted by atomic mass is 16.5. The molecule has 0 radical (unpaired) electrons. The van der Waals surface area contributed by atoms with Gasteiger partial charge in [0, 0.05) is 17.8 Å². The van der Waals surface area contributed by atoms with Crippen LogP contribution in [0.15, 0.2) is 28.8 Å². The second kappa shape index (κ2) is 6.10. The van der Waals surface area contributed by atoms with Gasteiger partial charge in [-0.05, 0) is 26.0 Å². The number of aryl methyl sites for hydroxylation is 1. The molecule has 0 aliphatic carbocycles. The number of rotatable bonds is 5. The van der Waals surface area contributed by atoms with Crippen LogP contribution in [0.25, 0.3) is 0 Å². The zero-order valence-corrected chi connectivity index (χ0v) is 11.6. The molecular formula is C14H16N2O4. The first kappa shape index (κ1) is 13.9. The maximum Gasteiger partial charge on any atom is 0.294 e. The lowest BCUT2D eigenvalue weighted by molar-refractivity contribution is 0.0988. The lowest BCUT2D eigenvalue weighted by Crippen LogP contribution is -2.11. The number of methoxy groups -OCH3 is 1. The largest absolute Gasteiger partial charge is 0.493 e. The molecule has 1 amide bonds. The Balaban J connectivity index is 2.15. The molecule has 20 heavy (non-hydrogen) atoms. The third-order valence-corrected chi connectivity index (χ3v) is 2.57. The number of carbonyl (C=O) groups is 1. The zero-order valence-electron chi connectivity index (χ0n) is 11.6. The number of carbonyl (C=O) groups excluding carboxylic acids is 1. The van der Waals surface area contributed by atoms with Crippen LogP contribution in [0.1, 0.15) is 23.2 Å².